The standard InChI is InChI=1S/C12H21O9P3/c1-4-19-22(13,14)10-7-11(23(15,16)20-5-2)9-12(8-10)24(17,18)21-6-3/h7-9H,4-6H2,1-3H3,(H,13,14)(H,15,16)(H,17,18). The Morgan fingerprint density at radius 1 is 0.667 bits per heavy atom. The molecule has 0 radical (unpaired) electrons. The van der Waals surface area contributed by atoms with E-state index in [1.54, 1.807) is 0 Å². The molecule has 0 saturated heterocycles. The molecule has 24 heavy (non-hydrogen) atoms. The average Bonchev–Trinajstić information content (AvgIpc) is 2.46. The molecule has 0 aromatic heterocycles. The highest BCUT2D eigenvalue weighted by Gasteiger charge is 2.33. The smallest absolute Gasteiger partial charge is 0.321 e. The van der Waals surface area contributed by atoms with E-state index in [-0.39, 0.29) is 19.8 Å². The highest BCUT2D eigenvalue weighted by molar-refractivity contribution is 7.64. The molecule has 0 saturated carbocycles. The van der Waals surface area contributed by atoms with Crippen LogP contribution in [-0.2, 0) is 27.3 Å². The van der Waals surface area contributed by atoms with Gasteiger partial charge >= 0.3 is 22.8 Å². The van der Waals surface area contributed by atoms with E-state index >= 15 is 0 Å². The van der Waals surface area contributed by atoms with Gasteiger partial charge in [-0.2, -0.15) is 0 Å². The topological polar surface area (TPSA) is 140 Å². The maximum Gasteiger partial charge on any atom is 0.358 e. The van der Waals surface area contributed by atoms with Crippen molar-refractivity contribution in [2.24, 2.45) is 0 Å². The molecule has 0 bridgehead atoms. The Hall–Kier alpha value is -0.330. The summed E-state index contributed by atoms with van der Waals surface area (Å²) in [6.45, 7) is 4.17. The summed E-state index contributed by atoms with van der Waals surface area (Å²) >= 11 is 0. The van der Waals surface area contributed by atoms with Gasteiger partial charge in [-0.1, -0.05) is 0 Å². The average molecular weight is 402 g/mol. The van der Waals surface area contributed by atoms with E-state index < -0.39 is 38.7 Å². The van der Waals surface area contributed by atoms with Crippen LogP contribution in [0.3, 0.4) is 0 Å². The van der Waals surface area contributed by atoms with E-state index in [4.69, 9.17) is 13.6 Å². The van der Waals surface area contributed by atoms with Gasteiger partial charge in [-0.05, 0) is 39.0 Å². The number of hydrogen-bond donors (Lipinski definition) is 3. The number of hydrogen-bond acceptors (Lipinski definition) is 6. The Balaban J connectivity index is 3.60. The lowest BCUT2D eigenvalue weighted by molar-refractivity contribution is 0.284. The van der Waals surface area contributed by atoms with Crippen molar-refractivity contribution in [1.82, 2.24) is 0 Å². The van der Waals surface area contributed by atoms with Crippen LogP contribution in [0.4, 0.5) is 0 Å². The molecular weight excluding hydrogens is 381 g/mol. The molecule has 0 aliphatic carbocycles. The molecule has 0 amide bonds. The molecule has 0 aliphatic rings. The predicted molar refractivity (Wildman–Crippen MR) is 89.7 cm³/mol. The first-order valence-corrected chi connectivity index (χ1v) is 11.8. The molecule has 138 valence electrons. The highest BCUT2D eigenvalue weighted by atomic mass is 31.2. The van der Waals surface area contributed by atoms with Crippen LogP contribution >= 0.6 is 22.8 Å². The van der Waals surface area contributed by atoms with Crippen LogP contribution in [0.1, 0.15) is 20.8 Å². The van der Waals surface area contributed by atoms with Crippen molar-refractivity contribution in [3.05, 3.63) is 18.2 Å². The van der Waals surface area contributed by atoms with Crippen molar-refractivity contribution < 1.29 is 41.9 Å². The third kappa shape index (κ3) is 5.33. The normalized spacial score (nSPS) is 19.2. The minimum atomic E-state index is -4.35. The fraction of sp³-hybridized carbons (Fsp3) is 0.500. The molecular formula is C12H21O9P3. The monoisotopic (exact) mass is 402 g/mol. The van der Waals surface area contributed by atoms with Gasteiger partial charge < -0.3 is 28.3 Å². The van der Waals surface area contributed by atoms with E-state index in [0.29, 0.717) is 0 Å². The zero-order chi connectivity index (χ0) is 18.6. The lowest BCUT2D eigenvalue weighted by Crippen LogP contribution is -2.24. The second kappa shape index (κ2) is 8.37. The molecule has 1 rings (SSSR count). The Kier molecular flexibility index (Phi) is 7.57. The van der Waals surface area contributed by atoms with E-state index in [0.717, 1.165) is 18.2 Å². The van der Waals surface area contributed by atoms with Crippen molar-refractivity contribution in [1.29, 1.82) is 0 Å². The van der Waals surface area contributed by atoms with Crippen molar-refractivity contribution >= 4 is 38.7 Å². The summed E-state index contributed by atoms with van der Waals surface area (Å²) in [6.07, 6.45) is 0. The first kappa shape index (κ1) is 21.7. The fourth-order valence-electron chi connectivity index (χ4n) is 1.82. The van der Waals surface area contributed by atoms with Crippen molar-refractivity contribution in [2.45, 2.75) is 20.8 Å². The summed E-state index contributed by atoms with van der Waals surface area (Å²) in [5.74, 6) is 0. The van der Waals surface area contributed by atoms with E-state index in [9.17, 15) is 28.4 Å². The van der Waals surface area contributed by atoms with Gasteiger partial charge in [0.2, 0.25) is 0 Å². The SMILES string of the molecule is CCOP(=O)(O)c1cc(P(=O)(O)OCC)cc(P(=O)(O)OCC)c1. The molecule has 12 heteroatoms. The van der Waals surface area contributed by atoms with E-state index in [2.05, 4.69) is 0 Å². The van der Waals surface area contributed by atoms with Crippen LogP contribution in [0.2, 0.25) is 0 Å². The van der Waals surface area contributed by atoms with Gasteiger partial charge in [0.05, 0.1) is 35.7 Å². The highest BCUT2D eigenvalue weighted by Crippen LogP contribution is 2.46. The first-order chi connectivity index (χ1) is 11.0. The summed E-state index contributed by atoms with van der Waals surface area (Å²) in [5, 5.41) is -1.21. The maximum atomic E-state index is 12.2. The molecule has 0 aliphatic heterocycles. The van der Waals surface area contributed by atoms with Crippen LogP contribution in [0.5, 0.6) is 0 Å². The molecule has 1 aromatic carbocycles. The van der Waals surface area contributed by atoms with Crippen molar-refractivity contribution in [2.75, 3.05) is 19.8 Å². The molecule has 3 atom stereocenters. The fourth-order valence-corrected chi connectivity index (χ4v) is 5.43. The van der Waals surface area contributed by atoms with Crippen LogP contribution in [0.15, 0.2) is 18.2 Å². The van der Waals surface area contributed by atoms with Crippen LogP contribution in [0.25, 0.3) is 0 Å². The minimum absolute atomic E-state index is 0.0994. The molecule has 1 aromatic rings. The lowest BCUT2D eigenvalue weighted by Gasteiger charge is -2.18. The van der Waals surface area contributed by atoms with Gasteiger partial charge in [0.25, 0.3) is 0 Å². The summed E-state index contributed by atoms with van der Waals surface area (Å²) in [5.41, 5.74) is 0. The maximum absolute atomic E-state index is 12.2. The van der Waals surface area contributed by atoms with Gasteiger partial charge in [-0.25, -0.2) is 0 Å². The first-order valence-electron chi connectivity index (χ1n) is 7.09. The second-order valence-corrected chi connectivity index (χ2v) is 9.97. The van der Waals surface area contributed by atoms with Crippen LogP contribution in [0, 0.1) is 0 Å². The summed E-state index contributed by atoms with van der Waals surface area (Å²) in [6, 6.07) is 2.84. The molecule has 0 fully saturated rings. The zero-order valence-electron chi connectivity index (χ0n) is 13.5. The summed E-state index contributed by atoms with van der Waals surface area (Å²) in [7, 11) is -13.1. The van der Waals surface area contributed by atoms with Gasteiger partial charge in [-0.15, -0.1) is 0 Å². The Morgan fingerprint density at radius 2 is 0.875 bits per heavy atom. The van der Waals surface area contributed by atoms with Gasteiger partial charge in [0.1, 0.15) is 0 Å². The van der Waals surface area contributed by atoms with Gasteiger partial charge in [0, 0.05) is 0 Å². The van der Waals surface area contributed by atoms with E-state index in [1.165, 1.54) is 20.8 Å². The molecule has 0 spiro atoms. The Labute approximate surface area is 140 Å². The third-order valence-electron chi connectivity index (χ3n) is 2.78. The van der Waals surface area contributed by atoms with Gasteiger partial charge in [0.15, 0.2) is 0 Å². The van der Waals surface area contributed by atoms with Crippen molar-refractivity contribution in [3.63, 3.8) is 0 Å². The summed E-state index contributed by atoms with van der Waals surface area (Å²) < 4.78 is 50.9. The van der Waals surface area contributed by atoms with Gasteiger partial charge in [-0.3, -0.25) is 13.7 Å². The largest absolute Gasteiger partial charge is 0.358 e. The van der Waals surface area contributed by atoms with Crippen LogP contribution < -0.4 is 15.9 Å². The zero-order valence-corrected chi connectivity index (χ0v) is 16.2. The van der Waals surface area contributed by atoms with E-state index in [1.807, 2.05) is 0 Å². The molecule has 9 nitrogen and oxygen atoms in total. The van der Waals surface area contributed by atoms with Crippen molar-refractivity contribution in [3.8, 4) is 0 Å². The lowest BCUT2D eigenvalue weighted by atomic mass is 10.4. The summed E-state index contributed by atoms with van der Waals surface area (Å²) in [4.78, 5) is 29.8. The molecule has 3 N–H and O–H groups in total. The Bertz CT molecular complexity index is 610. The predicted octanol–water partition coefficient (Wildman–Crippen LogP) is 1.23. The van der Waals surface area contributed by atoms with Crippen LogP contribution in [-0.4, -0.2) is 34.5 Å². The Morgan fingerprint density at radius 3 is 1.04 bits per heavy atom. The second-order valence-electron chi connectivity index (χ2n) is 4.52. The number of rotatable bonds is 9. The molecule has 0 heterocycles. The molecule has 3 unspecified atom stereocenters. The number of benzene rings is 1. The minimum Gasteiger partial charge on any atom is -0.321 e. The third-order valence-corrected chi connectivity index (χ3v) is 7.34. The quantitative estimate of drug-likeness (QED) is 0.520.